The van der Waals surface area contributed by atoms with Gasteiger partial charge in [-0.15, -0.1) is 0 Å². The molecule has 1 heterocycles. The summed E-state index contributed by atoms with van der Waals surface area (Å²) in [6, 6.07) is -0.865. The molecule has 1 atom stereocenters. The van der Waals surface area contributed by atoms with Gasteiger partial charge in [-0.05, 0) is 25.7 Å². The molecule has 1 aromatic rings. The van der Waals surface area contributed by atoms with E-state index in [0.29, 0.717) is 12.0 Å². The molecule has 118 valence electrons. The molecule has 0 spiro atoms. The van der Waals surface area contributed by atoms with E-state index in [2.05, 4.69) is 17.3 Å². The Morgan fingerprint density at radius 3 is 2.62 bits per heavy atom. The standard InChI is InChI=1S/C15H25N3O3/c1-5-6-7-18-11(4)12(9-16-18)14(19)17-13(15(20)21)8-10(2)3/h9-10,13H,5-8H2,1-4H3,(H,17,19)(H,20,21)/t13-/m1/s1. The molecule has 0 aliphatic rings. The van der Waals surface area contributed by atoms with Crippen LogP contribution in [0.3, 0.4) is 0 Å². The molecule has 0 aliphatic carbocycles. The number of hydrogen-bond acceptors (Lipinski definition) is 3. The van der Waals surface area contributed by atoms with Crippen molar-refractivity contribution in [3.05, 3.63) is 17.5 Å². The summed E-state index contributed by atoms with van der Waals surface area (Å²) in [7, 11) is 0. The highest BCUT2D eigenvalue weighted by molar-refractivity contribution is 5.97. The minimum absolute atomic E-state index is 0.194. The van der Waals surface area contributed by atoms with Gasteiger partial charge in [0.1, 0.15) is 6.04 Å². The van der Waals surface area contributed by atoms with Crippen molar-refractivity contribution >= 4 is 11.9 Å². The van der Waals surface area contributed by atoms with Crippen LogP contribution in [-0.4, -0.2) is 32.8 Å². The van der Waals surface area contributed by atoms with Crippen LogP contribution in [0, 0.1) is 12.8 Å². The molecule has 0 saturated heterocycles. The summed E-state index contributed by atoms with van der Waals surface area (Å²) >= 11 is 0. The maximum Gasteiger partial charge on any atom is 0.326 e. The van der Waals surface area contributed by atoms with Crippen LogP contribution in [0.1, 0.15) is 56.1 Å². The number of carbonyl (C=O) groups is 2. The van der Waals surface area contributed by atoms with E-state index in [1.807, 2.05) is 20.8 Å². The molecular weight excluding hydrogens is 270 g/mol. The Bertz CT molecular complexity index is 494. The molecule has 21 heavy (non-hydrogen) atoms. The Hall–Kier alpha value is -1.85. The van der Waals surface area contributed by atoms with Gasteiger partial charge in [0.25, 0.3) is 5.91 Å². The van der Waals surface area contributed by atoms with Crippen LogP contribution in [0.4, 0.5) is 0 Å². The summed E-state index contributed by atoms with van der Waals surface area (Å²) in [4.78, 5) is 23.4. The number of amides is 1. The Labute approximate surface area is 125 Å². The molecule has 0 unspecified atom stereocenters. The second-order valence-electron chi connectivity index (χ2n) is 5.71. The molecule has 0 bridgehead atoms. The van der Waals surface area contributed by atoms with Crippen molar-refractivity contribution in [3.63, 3.8) is 0 Å². The first kappa shape index (κ1) is 17.2. The number of rotatable bonds is 8. The first-order chi connectivity index (χ1) is 9.86. The van der Waals surface area contributed by atoms with Gasteiger partial charge < -0.3 is 10.4 Å². The van der Waals surface area contributed by atoms with Gasteiger partial charge in [-0.25, -0.2) is 4.79 Å². The maximum absolute atomic E-state index is 12.2. The molecular formula is C15H25N3O3. The number of aryl methyl sites for hydroxylation is 1. The fourth-order valence-corrected chi connectivity index (χ4v) is 2.13. The molecule has 0 aliphatic heterocycles. The van der Waals surface area contributed by atoms with Crippen LogP contribution >= 0.6 is 0 Å². The van der Waals surface area contributed by atoms with Crippen molar-refractivity contribution in [3.8, 4) is 0 Å². The average molecular weight is 295 g/mol. The lowest BCUT2D eigenvalue weighted by atomic mass is 10.0. The summed E-state index contributed by atoms with van der Waals surface area (Å²) < 4.78 is 1.79. The third-order valence-electron chi connectivity index (χ3n) is 3.38. The van der Waals surface area contributed by atoms with Gasteiger partial charge in [0.2, 0.25) is 0 Å². The zero-order valence-electron chi connectivity index (χ0n) is 13.2. The first-order valence-corrected chi connectivity index (χ1v) is 7.42. The molecule has 0 radical (unpaired) electrons. The summed E-state index contributed by atoms with van der Waals surface area (Å²) in [5.74, 6) is -1.18. The Morgan fingerprint density at radius 2 is 2.10 bits per heavy atom. The quantitative estimate of drug-likeness (QED) is 0.770. The molecule has 0 saturated carbocycles. The van der Waals surface area contributed by atoms with Crippen molar-refractivity contribution < 1.29 is 14.7 Å². The third kappa shape index (κ3) is 4.88. The number of nitrogens with one attached hydrogen (secondary N) is 1. The van der Waals surface area contributed by atoms with Crippen LogP contribution in [0.5, 0.6) is 0 Å². The van der Waals surface area contributed by atoms with Crippen LogP contribution in [0.25, 0.3) is 0 Å². The molecule has 1 rings (SSSR count). The molecule has 6 heteroatoms. The van der Waals surface area contributed by atoms with E-state index < -0.39 is 12.0 Å². The highest BCUT2D eigenvalue weighted by Gasteiger charge is 2.23. The van der Waals surface area contributed by atoms with Gasteiger partial charge in [0, 0.05) is 12.2 Å². The minimum Gasteiger partial charge on any atom is -0.480 e. The average Bonchev–Trinajstić information content (AvgIpc) is 2.76. The SMILES string of the molecule is CCCCn1ncc(C(=O)N[C@H](CC(C)C)C(=O)O)c1C. The molecule has 1 amide bonds. The van der Waals surface area contributed by atoms with E-state index in [4.69, 9.17) is 0 Å². The molecule has 0 fully saturated rings. The predicted octanol–water partition coefficient (Wildman–Crippen LogP) is 2.22. The van der Waals surface area contributed by atoms with Gasteiger partial charge in [-0.1, -0.05) is 27.2 Å². The maximum atomic E-state index is 12.2. The fourth-order valence-electron chi connectivity index (χ4n) is 2.13. The van der Waals surface area contributed by atoms with E-state index in [0.717, 1.165) is 25.1 Å². The predicted molar refractivity (Wildman–Crippen MR) is 80.2 cm³/mol. The van der Waals surface area contributed by atoms with Crippen LogP contribution < -0.4 is 5.32 Å². The van der Waals surface area contributed by atoms with Gasteiger partial charge in [0.15, 0.2) is 0 Å². The normalized spacial score (nSPS) is 12.4. The Morgan fingerprint density at radius 1 is 1.43 bits per heavy atom. The van der Waals surface area contributed by atoms with Crippen molar-refractivity contribution in [2.24, 2.45) is 5.92 Å². The molecule has 1 aromatic heterocycles. The highest BCUT2D eigenvalue weighted by atomic mass is 16.4. The molecule has 2 N–H and O–H groups in total. The number of carboxylic acid groups (broad SMARTS) is 1. The summed E-state index contributed by atoms with van der Waals surface area (Å²) in [6.07, 6.45) is 3.96. The number of carboxylic acids is 1. The molecule has 0 aromatic carbocycles. The van der Waals surface area contributed by atoms with E-state index in [1.54, 1.807) is 4.68 Å². The van der Waals surface area contributed by atoms with Crippen molar-refractivity contribution in [1.82, 2.24) is 15.1 Å². The fraction of sp³-hybridized carbons (Fsp3) is 0.667. The van der Waals surface area contributed by atoms with Gasteiger partial charge >= 0.3 is 5.97 Å². The third-order valence-corrected chi connectivity index (χ3v) is 3.38. The van der Waals surface area contributed by atoms with E-state index in [-0.39, 0.29) is 11.8 Å². The van der Waals surface area contributed by atoms with Gasteiger partial charge in [0.05, 0.1) is 11.8 Å². The van der Waals surface area contributed by atoms with E-state index >= 15 is 0 Å². The van der Waals surface area contributed by atoms with Crippen LogP contribution in [-0.2, 0) is 11.3 Å². The lowest BCUT2D eigenvalue weighted by Crippen LogP contribution is -2.41. The zero-order chi connectivity index (χ0) is 16.0. The van der Waals surface area contributed by atoms with E-state index in [9.17, 15) is 14.7 Å². The van der Waals surface area contributed by atoms with Crippen molar-refractivity contribution in [1.29, 1.82) is 0 Å². The van der Waals surface area contributed by atoms with Gasteiger partial charge in [-0.3, -0.25) is 9.48 Å². The number of nitrogens with zero attached hydrogens (tertiary/aromatic N) is 2. The topological polar surface area (TPSA) is 84.2 Å². The smallest absolute Gasteiger partial charge is 0.326 e. The first-order valence-electron chi connectivity index (χ1n) is 7.42. The van der Waals surface area contributed by atoms with Crippen LogP contribution in [0.2, 0.25) is 0 Å². The zero-order valence-corrected chi connectivity index (χ0v) is 13.2. The number of carbonyl (C=O) groups excluding carboxylic acids is 1. The monoisotopic (exact) mass is 295 g/mol. The highest BCUT2D eigenvalue weighted by Crippen LogP contribution is 2.11. The second-order valence-corrected chi connectivity index (χ2v) is 5.71. The lowest BCUT2D eigenvalue weighted by molar-refractivity contribution is -0.139. The minimum atomic E-state index is -1.01. The van der Waals surface area contributed by atoms with Crippen molar-refractivity contribution in [2.75, 3.05) is 0 Å². The number of unbranched alkanes of at least 4 members (excludes halogenated alkanes) is 1. The lowest BCUT2D eigenvalue weighted by Gasteiger charge is -2.16. The van der Waals surface area contributed by atoms with Crippen molar-refractivity contribution in [2.45, 2.75) is 59.5 Å². The summed E-state index contributed by atoms with van der Waals surface area (Å²) in [6.45, 7) is 8.54. The summed E-state index contributed by atoms with van der Waals surface area (Å²) in [5.41, 5.74) is 1.22. The second kappa shape index (κ2) is 7.81. The van der Waals surface area contributed by atoms with E-state index in [1.165, 1.54) is 6.20 Å². The summed E-state index contributed by atoms with van der Waals surface area (Å²) in [5, 5.41) is 16.0. The Balaban J connectivity index is 2.78. The van der Waals surface area contributed by atoms with Crippen LogP contribution in [0.15, 0.2) is 6.20 Å². The number of hydrogen-bond donors (Lipinski definition) is 2. The Kier molecular flexibility index (Phi) is 6.39. The number of aliphatic carboxylic acids is 1. The molecule has 6 nitrogen and oxygen atoms in total. The number of aromatic nitrogens is 2. The largest absolute Gasteiger partial charge is 0.480 e. The van der Waals surface area contributed by atoms with Gasteiger partial charge in [-0.2, -0.15) is 5.10 Å².